The monoisotopic (exact) mass is 332 g/mol. The molecule has 2 aromatic rings. The van der Waals surface area contributed by atoms with E-state index in [4.69, 9.17) is 4.74 Å². The molecule has 0 radical (unpaired) electrons. The third kappa shape index (κ3) is 3.66. The summed E-state index contributed by atoms with van der Waals surface area (Å²) < 4.78 is 6.81. The Kier molecular flexibility index (Phi) is 4.32. The molecule has 23 heavy (non-hydrogen) atoms. The number of aromatic nitrogens is 1. The van der Waals surface area contributed by atoms with E-state index in [1.165, 1.54) is 4.70 Å². The standard InChI is InChI=1S/C18H24N2O2S/c1-12-5-7-15(20(10-12)17(21)22-18(2,3)4)13-6-8-16-14(9-13)19-11-23-16/h6,8-9,11-12,15H,5,7,10H2,1-4H3/t12?,15-/m0/s1. The Bertz CT molecular complexity index is 704. The van der Waals surface area contributed by atoms with Crippen molar-refractivity contribution in [3.63, 3.8) is 0 Å². The molecular weight excluding hydrogens is 308 g/mol. The summed E-state index contributed by atoms with van der Waals surface area (Å²) in [6.07, 6.45) is 1.88. The molecular formula is C18H24N2O2S. The minimum atomic E-state index is -0.471. The molecule has 1 aliphatic rings. The van der Waals surface area contributed by atoms with Crippen LogP contribution in [0.25, 0.3) is 10.2 Å². The van der Waals surface area contributed by atoms with Crippen molar-refractivity contribution in [1.82, 2.24) is 9.88 Å². The lowest BCUT2D eigenvalue weighted by atomic mass is 9.90. The number of hydrogen-bond acceptors (Lipinski definition) is 4. The number of carbonyl (C=O) groups is 1. The minimum absolute atomic E-state index is 0.0761. The molecule has 0 spiro atoms. The number of nitrogens with zero attached hydrogens (tertiary/aromatic N) is 2. The van der Waals surface area contributed by atoms with Crippen molar-refractivity contribution in [2.45, 2.75) is 52.2 Å². The Balaban J connectivity index is 1.89. The van der Waals surface area contributed by atoms with Crippen molar-refractivity contribution in [3.05, 3.63) is 29.3 Å². The number of carbonyl (C=O) groups excluding carboxylic acids is 1. The first-order chi connectivity index (χ1) is 10.8. The molecule has 5 heteroatoms. The third-order valence-corrected chi connectivity index (χ3v) is 4.99. The Labute approximate surface area is 141 Å². The van der Waals surface area contributed by atoms with Crippen LogP contribution < -0.4 is 0 Å². The molecule has 1 aromatic carbocycles. The number of piperidine rings is 1. The molecule has 0 bridgehead atoms. The number of thiazole rings is 1. The molecule has 0 aliphatic carbocycles. The van der Waals surface area contributed by atoms with Gasteiger partial charge in [0.1, 0.15) is 5.60 Å². The zero-order chi connectivity index (χ0) is 16.6. The lowest BCUT2D eigenvalue weighted by Gasteiger charge is -2.39. The van der Waals surface area contributed by atoms with Crippen molar-refractivity contribution in [1.29, 1.82) is 0 Å². The van der Waals surface area contributed by atoms with Gasteiger partial charge in [0.25, 0.3) is 0 Å². The van der Waals surface area contributed by atoms with Gasteiger partial charge in [-0.1, -0.05) is 13.0 Å². The van der Waals surface area contributed by atoms with Crippen LogP contribution in [0.4, 0.5) is 4.79 Å². The van der Waals surface area contributed by atoms with Gasteiger partial charge in [-0.3, -0.25) is 0 Å². The summed E-state index contributed by atoms with van der Waals surface area (Å²) in [4.78, 5) is 18.9. The maximum atomic E-state index is 12.6. The molecule has 0 saturated carbocycles. The Morgan fingerprint density at radius 2 is 2.13 bits per heavy atom. The zero-order valence-corrected chi connectivity index (χ0v) is 15.0. The lowest BCUT2D eigenvalue weighted by Crippen LogP contribution is -2.44. The summed E-state index contributed by atoms with van der Waals surface area (Å²) in [5.41, 5.74) is 3.56. The second-order valence-corrected chi connectivity index (χ2v) is 8.30. The average Bonchev–Trinajstić information content (AvgIpc) is 2.92. The van der Waals surface area contributed by atoms with Crippen molar-refractivity contribution in [2.75, 3.05) is 6.54 Å². The molecule has 3 rings (SSSR count). The summed E-state index contributed by atoms with van der Waals surface area (Å²) in [5.74, 6) is 0.502. The number of fused-ring (bicyclic) bond motifs is 1. The lowest BCUT2D eigenvalue weighted by molar-refractivity contribution is 0.00365. The smallest absolute Gasteiger partial charge is 0.410 e. The molecule has 1 fully saturated rings. The second-order valence-electron chi connectivity index (χ2n) is 7.41. The first-order valence-electron chi connectivity index (χ1n) is 8.16. The Morgan fingerprint density at radius 1 is 1.35 bits per heavy atom. The van der Waals surface area contributed by atoms with Crippen molar-refractivity contribution >= 4 is 27.6 Å². The van der Waals surface area contributed by atoms with E-state index in [2.05, 4.69) is 30.1 Å². The van der Waals surface area contributed by atoms with E-state index in [1.54, 1.807) is 11.3 Å². The van der Waals surface area contributed by atoms with Crippen molar-refractivity contribution < 1.29 is 9.53 Å². The topological polar surface area (TPSA) is 42.4 Å². The summed E-state index contributed by atoms with van der Waals surface area (Å²) in [5, 5.41) is 0. The van der Waals surface area contributed by atoms with E-state index >= 15 is 0 Å². The number of ether oxygens (including phenoxy) is 1. The molecule has 124 valence electrons. The molecule has 1 aromatic heterocycles. The predicted molar refractivity (Wildman–Crippen MR) is 93.7 cm³/mol. The van der Waals surface area contributed by atoms with Gasteiger partial charge in [0, 0.05) is 6.54 Å². The molecule has 2 heterocycles. The minimum Gasteiger partial charge on any atom is -0.444 e. The van der Waals surface area contributed by atoms with E-state index in [1.807, 2.05) is 31.2 Å². The number of rotatable bonds is 1. The van der Waals surface area contributed by atoms with Crippen LogP contribution in [0.1, 0.15) is 52.1 Å². The highest BCUT2D eigenvalue weighted by molar-refractivity contribution is 7.16. The molecule has 2 atom stereocenters. The molecule has 1 amide bonds. The Hall–Kier alpha value is -1.62. The quantitative estimate of drug-likeness (QED) is 0.737. The van der Waals surface area contributed by atoms with Gasteiger partial charge in [-0.25, -0.2) is 9.78 Å². The van der Waals surface area contributed by atoms with Crippen LogP contribution in [0.2, 0.25) is 0 Å². The summed E-state index contributed by atoms with van der Waals surface area (Å²) in [6.45, 7) is 8.67. The average molecular weight is 332 g/mol. The van der Waals surface area contributed by atoms with Gasteiger partial charge in [-0.05, 0) is 57.2 Å². The fourth-order valence-corrected chi connectivity index (χ4v) is 3.76. The highest BCUT2D eigenvalue weighted by Crippen LogP contribution is 2.35. The van der Waals surface area contributed by atoms with Gasteiger partial charge >= 0.3 is 6.09 Å². The van der Waals surface area contributed by atoms with Gasteiger partial charge < -0.3 is 9.64 Å². The van der Waals surface area contributed by atoms with E-state index in [9.17, 15) is 4.79 Å². The van der Waals surface area contributed by atoms with Gasteiger partial charge in [-0.15, -0.1) is 11.3 Å². The van der Waals surface area contributed by atoms with E-state index in [0.29, 0.717) is 5.92 Å². The van der Waals surface area contributed by atoms with E-state index in [0.717, 1.165) is 30.5 Å². The van der Waals surface area contributed by atoms with Crippen LogP contribution in [0.5, 0.6) is 0 Å². The normalized spacial score (nSPS) is 22.3. The number of likely N-dealkylation sites (tertiary alicyclic amines) is 1. The Morgan fingerprint density at radius 3 is 2.87 bits per heavy atom. The van der Waals surface area contributed by atoms with Gasteiger partial charge in [0.15, 0.2) is 0 Å². The second kappa shape index (κ2) is 6.11. The molecule has 1 aliphatic heterocycles. The van der Waals surface area contributed by atoms with E-state index < -0.39 is 5.60 Å². The van der Waals surface area contributed by atoms with Crippen LogP contribution in [0.15, 0.2) is 23.7 Å². The summed E-state index contributed by atoms with van der Waals surface area (Å²) in [7, 11) is 0. The van der Waals surface area contributed by atoms with Crippen LogP contribution >= 0.6 is 11.3 Å². The van der Waals surface area contributed by atoms with Gasteiger partial charge in [0.05, 0.1) is 21.8 Å². The van der Waals surface area contributed by atoms with E-state index in [-0.39, 0.29) is 12.1 Å². The molecule has 4 nitrogen and oxygen atoms in total. The van der Waals surface area contributed by atoms with Crippen molar-refractivity contribution in [2.24, 2.45) is 5.92 Å². The van der Waals surface area contributed by atoms with Crippen LogP contribution in [-0.2, 0) is 4.74 Å². The maximum Gasteiger partial charge on any atom is 0.410 e. The van der Waals surface area contributed by atoms with Crippen LogP contribution in [0, 0.1) is 5.92 Å². The first kappa shape index (κ1) is 16.2. The highest BCUT2D eigenvalue weighted by atomic mass is 32.1. The fraction of sp³-hybridized carbons (Fsp3) is 0.556. The molecule has 1 saturated heterocycles. The zero-order valence-electron chi connectivity index (χ0n) is 14.2. The van der Waals surface area contributed by atoms with Crippen molar-refractivity contribution in [3.8, 4) is 0 Å². The van der Waals surface area contributed by atoms with Crippen LogP contribution in [-0.4, -0.2) is 28.1 Å². The predicted octanol–water partition coefficient (Wildman–Crippen LogP) is 5.00. The summed E-state index contributed by atoms with van der Waals surface area (Å²) >= 11 is 1.64. The maximum absolute atomic E-state index is 12.6. The number of hydrogen-bond donors (Lipinski definition) is 0. The molecule has 0 N–H and O–H groups in total. The third-order valence-electron chi connectivity index (χ3n) is 4.18. The van der Waals surface area contributed by atoms with Gasteiger partial charge in [-0.2, -0.15) is 0 Å². The number of benzene rings is 1. The fourth-order valence-electron chi connectivity index (χ4n) is 3.10. The highest BCUT2D eigenvalue weighted by Gasteiger charge is 2.34. The largest absolute Gasteiger partial charge is 0.444 e. The first-order valence-corrected chi connectivity index (χ1v) is 9.04. The van der Waals surface area contributed by atoms with Crippen LogP contribution in [0.3, 0.4) is 0 Å². The van der Waals surface area contributed by atoms with Gasteiger partial charge in [0.2, 0.25) is 0 Å². The number of amides is 1. The summed E-state index contributed by atoms with van der Waals surface area (Å²) in [6, 6.07) is 6.42. The molecule has 1 unspecified atom stereocenters. The SMILES string of the molecule is CC1CC[C@@H](c2ccc3scnc3c2)N(C(=O)OC(C)(C)C)C1.